The van der Waals surface area contributed by atoms with Crippen LogP contribution in [0.3, 0.4) is 0 Å². The first kappa shape index (κ1) is 22.2. The number of nitrogens with zero attached hydrogens (tertiary/aromatic N) is 1. The van der Waals surface area contributed by atoms with Crippen LogP contribution in [0.2, 0.25) is 0 Å². The summed E-state index contributed by atoms with van der Waals surface area (Å²) >= 11 is 6.48. The first-order chi connectivity index (χ1) is 14.1. The summed E-state index contributed by atoms with van der Waals surface area (Å²) in [4.78, 5) is 27.2. The number of aryl methyl sites for hydroxylation is 1. The molecular formula is C20H19N3O4S3. The van der Waals surface area contributed by atoms with Gasteiger partial charge in [-0.25, -0.2) is 13.6 Å². The van der Waals surface area contributed by atoms with Crippen molar-refractivity contribution in [3.05, 3.63) is 64.6 Å². The molecule has 0 aliphatic carbocycles. The lowest BCUT2D eigenvalue weighted by Gasteiger charge is -2.22. The Morgan fingerprint density at radius 1 is 1.20 bits per heavy atom. The molecule has 156 valence electrons. The Balaban J connectivity index is 1.75. The lowest BCUT2D eigenvalue weighted by atomic mass is 10.1. The molecule has 0 saturated carbocycles. The van der Waals surface area contributed by atoms with Crippen LogP contribution in [0.25, 0.3) is 6.08 Å². The van der Waals surface area contributed by atoms with Crippen LogP contribution in [0.1, 0.15) is 18.1 Å². The quantitative estimate of drug-likeness (QED) is 0.523. The van der Waals surface area contributed by atoms with Crippen molar-refractivity contribution in [2.75, 3.05) is 5.32 Å². The summed E-state index contributed by atoms with van der Waals surface area (Å²) in [6.07, 6.45) is 1.77. The average Bonchev–Trinajstić information content (AvgIpc) is 2.96. The maximum absolute atomic E-state index is 12.9. The minimum Gasteiger partial charge on any atom is -0.324 e. The number of primary sulfonamides is 1. The number of amides is 2. The molecule has 3 N–H and O–H groups in total. The standard InChI is InChI=1S/C20H19N3O4S3/c1-12-5-3-4-6-14(12)11-17-19(25)23(20(28)29-17)13(2)18(24)22-15-7-9-16(10-8-15)30(21,26)27/h3-11,13H,1-2H3,(H,22,24)(H2,21,26,27)/b17-11-. The number of benzene rings is 2. The summed E-state index contributed by atoms with van der Waals surface area (Å²) < 4.78 is 23.0. The number of rotatable bonds is 5. The van der Waals surface area contributed by atoms with E-state index in [1.807, 2.05) is 31.2 Å². The van der Waals surface area contributed by atoms with Crippen LogP contribution in [0.15, 0.2) is 58.3 Å². The number of carbonyl (C=O) groups is 2. The predicted molar refractivity (Wildman–Crippen MR) is 122 cm³/mol. The van der Waals surface area contributed by atoms with Gasteiger partial charge >= 0.3 is 0 Å². The van der Waals surface area contributed by atoms with Gasteiger partial charge in [0.25, 0.3) is 5.91 Å². The highest BCUT2D eigenvalue weighted by atomic mass is 32.2. The molecule has 0 aromatic heterocycles. The molecule has 0 radical (unpaired) electrons. The third-order valence-corrected chi connectivity index (χ3v) is 6.78. The highest BCUT2D eigenvalue weighted by Crippen LogP contribution is 2.34. The summed E-state index contributed by atoms with van der Waals surface area (Å²) in [7, 11) is -3.82. The van der Waals surface area contributed by atoms with Crippen molar-refractivity contribution in [3.8, 4) is 0 Å². The van der Waals surface area contributed by atoms with Crippen molar-refractivity contribution in [1.82, 2.24) is 4.90 Å². The Kier molecular flexibility index (Phi) is 6.41. The van der Waals surface area contributed by atoms with Gasteiger partial charge in [0.2, 0.25) is 15.9 Å². The normalized spacial score (nSPS) is 16.8. The molecule has 0 spiro atoms. The smallest absolute Gasteiger partial charge is 0.266 e. The van der Waals surface area contributed by atoms with Gasteiger partial charge in [-0.15, -0.1) is 0 Å². The van der Waals surface area contributed by atoms with E-state index < -0.39 is 22.0 Å². The number of nitrogens with one attached hydrogen (secondary N) is 1. The number of thioether (sulfide) groups is 1. The Morgan fingerprint density at radius 3 is 2.43 bits per heavy atom. The van der Waals surface area contributed by atoms with Gasteiger partial charge in [0.1, 0.15) is 10.4 Å². The highest BCUT2D eigenvalue weighted by molar-refractivity contribution is 8.26. The largest absolute Gasteiger partial charge is 0.324 e. The molecule has 10 heteroatoms. The van der Waals surface area contributed by atoms with Crippen LogP contribution < -0.4 is 10.5 Å². The topological polar surface area (TPSA) is 110 Å². The van der Waals surface area contributed by atoms with Gasteiger partial charge < -0.3 is 5.32 Å². The van der Waals surface area contributed by atoms with Gasteiger partial charge in [0.15, 0.2) is 0 Å². The monoisotopic (exact) mass is 461 g/mol. The van der Waals surface area contributed by atoms with E-state index in [2.05, 4.69) is 5.32 Å². The average molecular weight is 462 g/mol. The Hall–Kier alpha value is -2.53. The van der Waals surface area contributed by atoms with Crippen LogP contribution >= 0.6 is 24.0 Å². The molecule has 1 atom stereocenters. The maximum atomic E-state index is 12.9. The Morgan fingerprint density at radius 2 is 1.83 bits per heavy atom. The molecule has 1 heterocycles. The highest BCUT2D eigenvalue weighted by Gasteiger charge is 2.38. The molecular weight excluding hydrogens is 442 g/mol. The number of thiocarbonyl (C=S) groups is 1. The van der Waals surface area contributed by atoms with Gasteiger partial charge in [0.05, 0.1) is 9.80 Å². The van der Waals surface area contributed by atoms with Crippen LogP contribution in [0.4, 0.5) is 5.69 Å². The summed E-state index contributed by atoms with van der Waals surface area (Å²) in [6, 6.07) is 12.2. The third kappa shape index (κ3) is 4.78. The molecule has 30 heavy (non-hydrogen) atoms. The van der Waals surface area contributed by atoms with E-state index in [0.717, 1.165) is 22.9 Å². The van der Waals surface area contributed by atoms with Crippen molar-refractivity contribution < 1.29 is 18.0 Å². The van der Waals surface area contributed by atoms with Crippen molar-refractivity contribution in [3.63, 3.8) is 0 Å². The number of carbonyl (C=O) groups excluding carboxylic acids is 2. The number of nitrogens with two attached hydrogens (primary N) is 1. The Labute approximate surface area is 184 Å². The molecule has 0 bridgehead atoms. The molecule has 2 aromatic rings. The number of hydrogen-bond donors (Lipinski definition) is 2. The molecule has 1 fully saturated rings. The van der Waals surface area contributed by atoms with Crippen LogP contribution in [-0.2, 0) is 19.6 Å². The van der Waals surface area contributed by atoms with Crippen LogP contribution in [0.5, 0.6) is 0 Å². The van der Waals surface area contributed by atoms with Gasteiger partial charge in [0, 0.05) is 5.69 Å². The molecule has 3 rings (SSSR count). The second-order valence-corrected chi connectivity index (χ2v) is 9.88. The molecule has 1 unspecified atom stereocenters. The first-order valence-electron chi connectivity index (χ1n) is 8.84. The van der Waals surface area contributed by atoms with Crippen molar-refractivity contribution in [1.29, 1.82) is 0 Å². The molecule has 1 aliphatic heterocycles. The number of hydrogen-bond acceptors (Lipinski definition) is 6. The zero-order valence-corrected chi connectivity index (χ0v) is 18.6. The summed E-state index contributed by atoms with van der Waals surface area (Å²) in [6.45, 7) is 3.53. The minimum atomic E-state index is -3.82. The SMILES string of the molecule is Cc1ccccc1/C=C1\SC(=S)N(C(C)C(=O)Nc2ccc(S(N)(=O)=O)cc2)C1=O. The van der Waals surface area contributed by atoms with Crippen LogP contribution in [0, 0.1) is 6.92 Å². The first-order valence-corrected chi connectivity index (χ1v) is 11.6. The van der Waals surface area contributed by atoms with E-state index in [0.29, 0.717) is 14.9 Å². The van der Waals surface area contributed by atoms with Crippen molar-refractivity contribution >= 4 is 61.9 Å². The molecule has 7 nitrogen and oxygen atoms in total. The maximum Gasteiger partial charge on any atom is 0.266 e. The second kappa shape index (κ2) is 8.68. The van der Waals surface area contributed by atoms with Gasteiger partial charge in [-0.05, 0) is 55.3 Å². The predicted octanol–water partition coefficient (Wildman–Crippen LogP) is 2.87. The zero-order valence-electron chi connectivity index (χ0n) is 16.2. The molecule has 1 saturated heterocycles. The number of sulfonamides is 1. The minimum absolute atomic E-state index is 0.0631. The molecule has 2 aromatic carbocycles. The van der Waals surface area contributed by atoms with E-state index in [-0.39, 0.29) is 10.8 Å². The van der Waals surface area contributed by atoms with Crippen molar-refractivity contribution in [2.45, 2.75) is 24.8 Å². The van der Waals surface area contributed by atoms with E-state index in [1.165, 1.54) is 29.2 Å². The lowest BCUT2D eigenvalue weighted by molar-refractivity contribution is -0.129. The third-order valence-electron chi connectivity index (χ3n) is 4.52. The fourth-order valence-electron chi connectivity index (χ4n) is 2.80. The van der Waals surface area contributed by atoms with Gasteiger partial charge in [-0.2, -0.15) is 0 Å². The molecule has 2 amide bonds. The van der Waals surface area contributed by atoms with Gasteiger partial charge in [-0.1, -0.05) is 48.2 Å². The van der Waals surface area contributed by atoms with E-state index in [9.17, 15) is 18.0 Å². The number of anilines is 1. The molecule has 1 aliphatic rings. The second-order valence-electron chi connectivity index (χ2n) is 6.64. The summed E-state index contributed by atoms with van der Waals surface area (Å²) in [5.74, 6) is -0.785. The fourth-order valence-corrected chi connectivity index (χ4v) is 4.72. The van der Waals surface area contributed by atoms with E-state index in [1.54, 1.807) is 13.0 Å². The lowest BCUT2D eigenvalue weighted by Crippen LogP contribution is -2.44. The van der Waals surface area contributed by atoms with Crippen molar-refractivity contribution in [2.24, 2.45) is 5.14 Å². The van der Waals surface area contributed by atoms with E-state index in [4.69, 9.17) is 17.4 Å². The van der Waals surface area contributed by atoms with Crippen LogP contribution in [-0.4, -0.2) is 35.5 Å². The zero-order chi connectivity index (χ0) is 22.1. The van der Waals surface area contributed by atoms with Gasteiger partial charge in [-0.3, -0.25) is 14.5 Å². The fraction of sp³-hybridized carbons (Fsp3) is 0.150. The summed E-state index contributed by atoms with van der Waals surface area (Å²) in [5.41, 5.74) is 2.31. The summed E-state index contributed by atoms with van der Waals surface area (Å²) in [5, 5.41) is 7.72. The Bertz CT molecular complexity index is 1160. The van der Waals surface area contributed by atoms with E-state index >= 15 is 0 Å².